The highest BCUT2D eigenvalue weighted by atomic mass is 16.5. The molecule has 0 aromatic heterocycles. The highest BCUT2D eigenvalue weighted by Crippen LogP contribution is 2.31. The number of hydrogen-bond donors (Lipinski definition) is 1. The molecule has 0 spiro atoms. The first kappa shape index (κ1) is 26.6. The molecule has 0 bridgehead atoms. The summed E-state index contributed by atoms with van der Waals surface area (Å²) < 4.78 is 17.7. The minimum absolute atomic E-state index is 0.510. The largest absolute Gasteiger partial charge is 0.491 e. The Bertz CT molecular complexity index is 763. The molecule has 2 aromatic carbocycles. The molecule has 0 aliphatic carbocycles. The average Bonchev–Trinajstić information content (AvgIpc) is 2.86. The molecule has 0 saturated carbocycles. The standard InChI is InChI=1S/C30H44O4/c1-2-3-4-5-6-7-12-19-30(31)20-17-26-13-8-10-15-28(26)33-24-22-32-23-25-34-29-16-11-9-14-27(29)18-21-30/h8-11,13-16,31H,2-7,12,17-25H2,1H3. The van der Waals surface area contributed by atoms with Gasteiger partial charge in [0, 0.05) is 0 Å². The SMILES string of the molecule is CCCCCCCCCC1(O)CCc2ccccc2OCCOCCOc2ccccc2CC1. The number of fused-ring (bicyclic) bond motifs is 2. The summed E-state index contributed by atoms with van der Waals surface area (Å²) in [6, 6.07) is 16.4. The van der Waals surface area contributed by atoms with Gasteiger partial charge < -0.3 is 19.3 Å². The molecule has 1 heterocycles. The summed E-state index contributed by atoms with van der Waals surface area (Å²) in [5.41, 5.74) is 1.64. The quantitative estimate of drug-likeness (QED) is 0.428. The lowest BCUT2D eigenvalue weighted by atomic mass is 9.84. The summed E-state index contributed by atoms with van der Waals surface area (Å²) in [5, 5.41) is 11.8. The first-order chi connectivity index (χ1) is 16.7. The van der Waals surface area contributed by atoms with Crippen LogP contribution in [-0.2, 0) is 17.6 Å². The number of ether oxygens (including phenoxy) is 3. The van der Waals surface area contributed by atoms with Gasteiger partial charge in [-0.05, 0) is 55.4 Å². The van der Waals surface area contributed by atoms with Crippen molar-refractivity contribution in [3.63, 3.8) is 0 Å². The van der Waals surface area contributed by atoms with Crippen LogP contribution in [0.5, 0.6) is 11.5 Å². The predicted octanol–water partition coefficient (Wildman–Crippen LogP) is 6.91. The van der Waals surface area contributed by atoms with Crippen LogP contribution in [0.15, 0.2) is 48.5 Å². The summed E-state index contributed by atoms with van der Waals surface area (Å²) in [6.07, 6.45) is 12.7. The Balaban J connectivity index is 1.68. The maximum absolute atomic E-state index is 11.8. The Morgan fingerprint density at radius 3 is 1.74 bits per heavy atom. The van der Waals surface area contributed by atoms with Crippen molar-refractivity contribution in [1.29, 1.82) is 0 Å². The van der Waals surface area contributed by atoms with E-state index in [4.69, 9.17) is 14.2 Å². The second kappa shape index (κ2) is 15.1. The smallest absolute Gasteiger partial charge is 0.122 e. The van der Waals surface area contributed by atoms with Crippen molar-refractivity contribution in [3.05, 3.63) is 59.7 Å². The van der Waals surface area contributed by atoms with E-state index in [2.05, 4.69) is 31.2 Å². The number of rotatable bonds is 8. The molecule has 0 unspecified atom stereocenters. The van der Waals surface area contributed by atoms with E-state index in [1.807, 2.05) is 24.3 Å². The Morgan fingerprint density at radius 2 is 1.18 bits per heavy atom. The van der Waals surface area contributed by atoms with E-state index in [1.54, 1.807) is 0 Å². The summed E-state index contributed by atoms with van der Waals surface area (Å²) in [5.74, 6) is 1.80. The van der Waals surface area contributed by atoms with Crippen molar-refractivity contribution in [2.45, 2.75) is 89.6 Å². The minimum atomic E-state index is -0.691. The van der Waals surface area contributed by atoms with Crippen molar-refractivity contribution in [3.8, 4) is 11.5 Å². The summed E-state index contributed by atoms with van der Waals surface area (Å²) in [7, 11) is 0. The van der Waals surface area contributed by atoms with E-state index in [0.29, 0.717) is 26.4 Å². The summed E-state index contributed by atoms with van der Waals surface area (Å²) >= 11 is 0. The van der Waals surface area contributed by atoms with E-state index in [1.165, 1.54) is 38.5 Å². The van der Waals surface area contributed by atoms with Gasteiger partial charge >= 0.3 is 0 Å². The fourth-order valence-electron chi connectivity index (χ4n) is 4.75. The molecule has 4 nitrogen and oxygen atoms in total. The van der Waals surface area contributed by atoms with Crippen molar-refractivity contribution in [1.82, 2.24) is 0 Å². The van der Waals surface area contributed by atoms with Crippen LogP contribution in [0.3, 0.4) is 0 Å². The average molecular weight is 469 g/mol. The van der Waals surface area contributed by atoms with Crippen LogP contribution in [0, 0.1) is 0 Å². The summed E-state index contributed by atoms with van der Waals surface area (Å²) in [6.45, 7) is 4.33. The Morgan fingerprint density at radius 1 is 0.676 bits per heavy atom. The Kier molecular flexibility index (Phi) is 11.8. The van der Waals surface area contributed by atoms with Crippen LogP contribution < -0.4 is 9.47 Å². The van der Waals surface area contributed by atoms with Crippen molar-refractivity contribution >= 4 is 0 Å². The van der Waals surface area contributed by atoms with Gasteiger partial charge in [-0.15, -0.1) is 0 Å². The van der Waals surface area contributed by atoms with Crippen LogP contribution in [0.1, 0.15) is 82.3 Å². The number of aryl methyl sites for hydroxylation is 2. The highest BCUT2D eigenvalue weighted by molar-refractivity contribution is 5.34. The van der Waals surface area contributed by atoms with E-state index in [-0.39, 0.29) is 0 Å². The van der Waals surface area contributed by atoms with Crippen molar-refractivity contribution in [2.75, 3.05) is 26.4 Å². The molecule has 0 atom stereocenters. The lowest BCUT2D eigenvalue weighted by Crippen LogP contribution is -2.30. The van der Waals surface area contributed by atoms with Crippen LogP contribution >= 0.6 is 0 Å². The van der Waals surface area contributed by atoms with Gasteiger partial charge in [-0.1, -0.05) is 88.3 Å². The third kappa shape index (κ3) is 9.31. The van der Waals surface area contributed by atoms with Crippen molar-refractivity contribution in [2.24, 2.45) is 0 Å². The normalized spacial score (nSPS) is 17.1. The molecule has 0 radical (unpaired) electrons. The van der Waals surface area contributed by atoms with E-state index in [0.717, 1.165) is 61.2 Å². The van der Waals surface area contributed by atoms with E-state index >= 15 is 0 Å². The van der Waals surface area contributed by atoms with Gasteiger partial charge in [0.2, 0.25) is 0 Å². The molecule has 1 aliphatic rings. The van der Waals surface area contributed by atoms with Gasteiger partial charge in [0.1, 0.15) is 24.7 Å². The van der Waals surface area contributed by atoms with Crippen LogP contribution in [-0.4, -0.2) is 37.1 Å². The summed E-state index contributed by atoms with van der Waals surface area (Å²) in [4.78, 5) is 0. The zero-order valence-electron chi connectivity index (χ0n) is 21.1. The first-order valence-corrected chi connectivity index (χ1v) is 13.4. The molecule has 188 valence electrons. The minimum Gasteiger partial charge on any atom is -0.491 e. The molecular formula is C30H44O4. The van der Waals surface area contributed by atoms with Gasteiger partial charge in [-0.25, -0.2) is 0 Å². The second-order valence-electron chi connectivity index (χ2n) is 9.62. The molecule has 1 aliphatic heterocycles. The number of aliphatic hydroxyl groups is 1. The Labute approximate surface area is 206 Å². The molecule has 34 heavy (non-hydrogen) atoms. The highest BCUT2D eigenvalue weighted by Gasteiger charge is 2.27. The molecule has 2 aromatic rings. The predicted molar refractivity (Wildman–Crippen MR) is 139 cm³/mol. The fraction of sp³-hybridized carbons (Fsp3) is 0.600. The number of para-hydroxylation sites is 2. The van der Waals surface area contributed by atoms with E-state index < -0.39 is 5.60 Å². The molecule has 4 heteroatoms. The van der Waals surface area contributed by atoms with E-state index in [9.17, 15) is 5.11 Å². The first-order valence-electron chi connectivity index (χ1n) is 13.4. The number of benzene rings is 2. The lowest BCUT2D eigenvalue weighted by molar-refractivity contribution is 0.0118. The van der Waals surface area contributed by atoms with Crippen molar-refractivity contribution < 1.29 is 19.3 Å². The third-order valence-electron chi connectivity index (χ3n) is 6.88. The fourth-order valence-corrected chi connectivity index (χ4v) is 4.75. The molecule has 0 fully saturated rings. The number of unbranched alkanes of at least 4 members (excludes halogenated alkanes) is 6. The zero-order valence-corrected chi connectivity index (χ0v) is 21.1. The molecule has 0 saturated heterocycles. The molecule has 3 rings (SSSR count). The van der Waals surface area contributed by atoms with Gasteiger partial charge in [0.05, 0.1) is 18.8 Å². The zero-order chi connectivity index (χ0) is 23.9. The Hall–Kier alpha value is -2.04. The third-order valence-corrected chi connectivity index (χ3v) is 6.88. The van der Waals surface area contributed by atoms with Gasteiger partial charge in [0.15, 0.2) is 0 Å². The van der Waals surface area contributed by atoms with Gasteiger partial charge in [0.25, 0.3) is 0 Å². The maximum Gasteiger partial charge on any atom is 0.122 e. The molecular weight excluding hydrogens is 424 g/mol. The number of hydrogen-bond acceptors (Lipinski definition) is 4. The van der Waals surface area contributed by atoms with Gasteiger partial charge in [-0.3, -0.25) is 0 Å². The topological polar surface area (TPSA) is 47.9 Å². The lowest BCUT2D eigenvalue weighted by Gasteiger charge is -2.29. The van der Waals surface area contributed by atoms with Crippen LogP contribution in [0.4, 0.5) is 0 Å². The maximum atomic E-state index is 11.8. The van der Waals surface area contributed by atoms with Crippen LogP contribution in [0.25, 0.3) is 0 Å². The molecule has 0 amide bonds. The second-order valence-corrected chi connectivity index (χ2v) is 9.62. The van der Waals surface area contributed by atoms with Crippen LogP contribution in [0.2, 0.25) is 0 Å². The molecule has 1 N–H and O–H groups in total. The monoisotopic (exact) mass is 468 g/mol. The van der Waals surface area contributed by atoms with Gasteiger partial charge in [-0.2, -0.15) is 0 Å².